The van der Waals surface area contributed by atoms with Crippen LogP contribution in [0.25, 0.3) is 6.08 Å². The molecule has 1 saturated heterocycles. The Labute approximate surface area is 291 Å². The molecule has 0 spiro atoms. The molecule has 3 aliphatic heterocycles. The zero-order chi connectivity index (χ0) is 33.1. The summed E-state index contributed by atoms with van der Waals surface area (Å²) in [4.78, 5) is 42.6. The highest BCUT2D eigenvalue weighted by molar-refractivity contribution is 6.36. The van der Waals surface area contributed by atoms with Crippen molar-refractivity contribution < 1.29 is 14.4 Å². The molecule has 0 radical (unpaired) electrons. The van der Waals surface area contributed by atoms with E-state index in [2.05, 4.69) is 10.3 Å². The van der Waals surface area contributed by atoms with Crippen molar-refractivity contribution in [2.24, 2.45) is 21.4 Å². The third kappa shape index (κ3) is 5.53. The molecule has 0 N–H and O–H groups in total. The van der Waals surface area contributed by atoms with Crippen LogP contribution in [0.4, 0.5) is 5.69 Å². The number of hydrogen-bond acceptors (Lipinski definition) is 7. The number of carbonyl (C=O) groups excluding carboxylic acids is 3. The van der Waals surface area contributed by atoms with Crippen LogP contribution in [-0.2, 0) is 14.4 Å². The maximum Gasteiger partial charge on any atom is 0.264 e. The summed E-state index contributed by atoms with van der Waals surface area (Å²) in [5.41, 5.74) is 5.32. The van der Waals surface area contributed by atoms with Crippen LogP contribution in [0.15, 0.2) is 75.6 Å². The van der Waals surface area contributed by atoms with E-state index >= 15 is 0 Å². The first-order valence-corrected chi connectivity index (χ1v) is 16.7. The number of benzene rings is 3. The second kappa shape index (κ2) is 12.4. The van der Waals surface area contributed by atoms with Gasteiger partial charge >= 0.3 is 0 Å². The van der Waals surface area contributed by atoms with E-state index in [1.165, 1.54) is 14.9 Å². The number of para-hydroxylation sites is 1. The molecule has 3 heterocycles. The Morgan fingerprint density at radius 1 is 0.915 bits per heavy atom. The van der Waals surface area contributed by atoms with E-state index in [0.717, 1.165) is 47.2 Å². The number of hydrazone groups is 1. The molecule has 3 aromatic rings. The van der Waals surface area contributed by atoms with Gasteiger partial charge in [0.05, 0.1) is 17.4 Å². The highest BCUT2D eigenvalue weighted by Crippen LogP contribution is 2.47. The van der Waals surface area contributed by atoms with Crippen molar-refractivity contribution in [1.29, 1.82) is 0 Å². The average molecular weight is 710 g/mol. The van der Waals surface area contributed by atoms with Gasteiger partial charge in [0.2, 0.25) is 0 Å². The van der Waals surface area contributed by atoms with E-state index in [9.17, 15) is 14.4 Å². The van der Waals surface area contributed by atoms with Gasteiger partial charge in [-0.05, 0) is 91.3 Å². The lowest BCUT2D eigenvalue weighted by Crippen LogP contribution is -2.45. The van der Waals surface area contributed by atoms with Crippen molar-refractivity contribution in [2.45, 2.75) is 51.2 Å². The molecule has 9 nitrogen and oxygen atoms in total. The van der Waals surface area contributed by atoms with E-state index in [1.54, 1.807) is 24.3 Å². The van der Waals surface area contributed by atoms with E-state index in [1.807, 2.05) is 50.3 Å². The predicted molar refractivity (Wildman–Crippen MR) is 183 cm³/mol. The molecule has 13 heteroatoms. The molecular formula is C34H28Cl4N6O3. The summed E-state index contributed by atoms with van der Waals surface area (Å²) in [7, 11) is 0. The Hall–Kier alpha value is -3.76. The van der Waals surface area contributed by atoms with Gasteiger partial charge in [0, 0.05) is 26.0 Å². The topological polar surface area (TPSA) is 98.0 Å². The van der Waals surface area contributed by atoms with Gasteiger partial charge < -0.3 is 0 Å². The summed E-state index contributed by atoms with van der Waals surface area (Å²) in [6, 6.07) is 13.5. The van der Waals surface area contributed by atoms with E-state index in [4.69, 9.17) is 51.5 Å². The van der Waals surface area contributed by atoms with Gasteiger partial charge in [0.25, 0.3) is 17.7 Å². The largest absolute Gasteiger partial charge is 0.271 e. The zero-order valence-corrected chi connectivity index (χ0v) is 28.4. The van der Waals surface area contributed by atoms with Crippen LogP contribution in [0.3, 0.4) is 0 Å². The van der Waals surface area contributed by atoms with Gasteiger partial charge in [-0.2, -0.15) is 10.2 Å². The van der Waals surface area contributed by atoms with Crippen LogP contribution < -0.4 is 4.90 Å². The van der Waals surface area contributed by atoms with Crippen LogP contribution in [0.1, 0.15) is 47.6 Å². The molecule has 2 fully saturated rings. The van der Waals surface area contributed by atoms with Crippen LogP contribution in [0.2, 0.25) is 20.1 Å². The maximum absolute atomic E-state index is 14.2. The lowest BCUT2D eigenvalue weighted by molar-refractivity contribution is -0.136. The van der Waals surface area contributed by atoms with Crippen molar-refractivity contribution in [1.82, 2.24) is 10.0 Å². The number of aryl methyl sites for hydroxylation is 2. The lowest BCUT2D eigenvalue weighted by atomic mass is 9.77. The minimum atomic E-state index is -1.04. The third-order valence-corrected chi connectivity index (χ3v) is 10.3. The normalized spacial score (nSPS) is 24.3. The van der Waals surface area contributed by atoms with Crippen LogP contribution in [0, 0.1) is 19.8 Å². The van der Waals surface area contributed by atoms with Gasteiger partial charge in [-0.3, -0.25) is 19.4 Å². The van der Waals surface area contributed by atoms with Crippen molar-refractivity contribution in [3.63, 3.8) is 0 Å². The van der Waals surface area contributed by atoms with Crippen molar-refractivity contribution in [3.8, 4) is 0 Å². The van der Waals surface area contributed by atoms with Crippen molar-refractivity contribution >= 4 is 81.6 Å². The third-order valence-electron chi connectivity index (χ3n) is 9.15. The first-order chi connectivity index (χ1) is 22.5. The molecule has 4 atom stereocenters. The molecule has 0 aromatic heterocycles. The zero-order valence-electron chi connectivity index (χ0n) is 25.3. The number of allylic oxidation sites excluding steroid dienone is 1. The molecule has 240 valence electrons. The molecule has 47 heavy (non-hydrogen) atoms. The maximum atomic E-state index is 14.2. The number of imide groups is 1. The summed E-state index contributed by atoms with van der Waals surface area (Å²) < 4.78 is 0. The molecule has 3 aromatic carbocycles. The first-order valence-electron chi connectivity index (χ1n) is 15.2. The molecule has 7 rings (SSSR count). The number of anilines is 1. The van der Waals surface area contributed by atoms with Gasteiger partial charge in [-0.25, -0.2) is 9.91 Å². The fraction of sp³-hybridized carbons (Fsp3) is 0.294. The summed E-state index contributed by atoms with van der Waals surface area (Å²) in [5, 5.41) is 17.8. The Balaban J connectivity index is 1.22. The number of amides is 3. The number of nitrogens with zero attached hydrogens (tertiary/aromatic N) is 6. The molecule has 3 amide bonds. The molecule has 1 saturated carbocycles. The van der Waals surface area contributed by atoms with Gasteiger partial charge in [-0.1, -0.05) is 82.0 Å². The summed E-state index contributed by atoms with van der Waals surface area (Å²) >= 11 is 25.6. The van der Waals surface area contributed by atoms with Crippen LogP contribution >= 0.6 is 46.4 Å². The average Bonchev–Trinajstić information content (AvgIpc) is 3.69. The Morgan fingerprint density at radius 2 is 1.62 bits per heavy atom. The molecule has 0 bridgehead atoms. The predicted octanol–water partition coefficient (Wildman–Crippen LogP) is 8.03. The van der Waals surface area contributed by atoms with E-state index in [-0.39, 0.29) is 12.5 Å². The Kier molecular flexibility index (Phi) is 8.37. The lowest BCUT2D eigenvalue weighted by Gasteiger charge is -2.31. The summed E-state index contributed by atoms with van der Waals surface area (Å²) in [6.45, 7) is 3.37. The van der Waals surface area contributed by atoms with E-state index in [0.29, 0.717) is 31.3 Å². The second-order valence-electron chi connectivity index (χ2n) is 12.1. The number of hydrogen-bond donors (Lipinski definition) is 0. The van der Waals surface area contributed by atoms with E-state index < -0.39 is 35.8 Å². The summed E-state index contributed by atoms with van der Waals surface area (Å²) in [6.07, 6.45) is 4.36. The first kappa shape index (κ1) is 31.8. The number of halogens is 4. The Bertz CT molecular complexity index is 1920. The summed E-state index contributed by atoms with van der Waals surface area (Å²) in [5.74, 6) is -1.52. The quantitative estimate of drug-likeness (QED) is 0.251. The van der Waals surface area contributed by atoms with Gasteiger partial charge in [0.1, 0.15) is 6.54 Å². The molecular weight excluding hydrogens is 682 g/mol. The molecule has 4 aliphatic rings. The SMILES string of the molecule is Cc1cccc(C)c1N1C(=O)[C@@H]2N=NN(CC(=O)N3N=C4/C(=C/c5ccc(Cl)cc5Cl)CCC[C@H]4[C@H]3c3ccc(Cl)cc3Cl)[C@H]2C1=O. The second-order valence-corrected chi connectivity index (χ2v) is 13.8. The molecule has 0 unspecified atom stereocenters. The standard InChI is InChI=1S/C34H28Cl4N6O3/c1-17-5-3-6-18(2)30(17)43-33(46)29-32(34(43)47)42(41-39-29)16-27(45)44-31(23-12-11-22(36)15-26(23)38)24-8-4-7-20(28(24)40-44)13-19-9-10-21(35)14-25(19)37/h3,5-6,9-15,24,29,31-32H,4,7-8,16H2,1-2H3/b20-13+/t24-,29-,31-,32-/m1/s1. The fourth-order valence-corrected chi connectivity index (χ4v) is 7.99. The van der Waals surface area contributed by atoms with Crippen molar-refractivity contribution in [3.05, 3.63) is 103 Å². The van der Waals surface area contributed by atoms with Gasteiger partial charge in [0.15, 0.2) is 12.1 Å². The van der Waals surface area contributed by atoms with Crippen LogP contribution in [0.5, 0.6) is 0 Å². The smallest absolute Gasteiger partial charge is 0.264 e. The van der Waals surface area contributed by atoms with Crippen molar-refractivity contribution in [2.75, 3.05) is 11.4 Å². The Morgan fingerprint density at radius 3 is 2.32 bits per heavy atom. The minimum absolute atomic E-state index is 0.161. The monoisotopic (exact) mass is 708 g/mol. The number of fused-ring (bicyclic) bond motifs is 2. The molecule has 1 aliphatic carbocycles. The number of rotatable bonds is 5. The highest BCUT2D eigenvalue weighted by atomic mass is 35.5. The minimum Gasteiger partial charge on any atom is -0.271 e. The highest BCUT2D eigenvalue weighted by Gasteiger charge is 2.56. The number of carbonyl (C=O) groups is 3. The fourth-order valence-electron chi connectivity index (χ4n) is 7.01. The van der Waals surface area contributed by atoms with Gasteiger partial charge in [-0.15, -0.1) is 0 Å². The van der Waals surface area contributed by atoms with Crippen LogP contribution in [-0.4, -0.2) is 52.1 Å².